The first-order valence-electron chi connectivity index (χ1n) is 25.1. The molecule has 0 aliphatic carbocycles. The Labute approximate surface area is 407 Å². The van der Waals surface area contributed by atoms with E-state index in [1.807, 2.05) is 27.7 Å². The zero-order valence-electron chi connectivity index (χ0n) is 45.0. The van der Waals surface area contributed by atoms with Gasteiger partial charge in [-0.3, -0.25) is 14.7 Å². The molecule has 8 heteroatoms. The van der Waals surface area contributed by atoms with E-state index in [0.29, 0.717) is 43.1 Å². The van der Waals surface area contributed by atoms with Crippen LogP contribution in [0, 0.1) is 0 Å². The van der Waals surface area contributed by atoms with E-state index in [-0.39, 0.29) is 7.43 Å². The molecular weight excluding hydrogens is 805 g/mol. The Bertz CT molecular complexity index is 1210. The van der Waals surface area contributed by atoms with Gasteiger partial charge in [0.1, 0.15) is 49.5 Å². The normalized spacial score (nSPS) is 10.4. The Morgan fingerprint density at radius 3 is 0.923 bits per heavy atom. The van der Waals surface area contributed by atoms with Crippen molar-refractivity contribution in [3.05, 3.63) is 98.0 Å². The van der Waals surface area contributed by atoms with Gasteiger partial charge in [0.15, 0.2) is 0 Å². The second-order valence-corrected chi connectivity index (χ2v) is 17.2. The summed E-state index contributed by atoms with van der Waals surface area (Å²) in [4.78, 5) is 9.75. The highest BCUT2D eigenvalue weighted by Gasteiger charge is 2.09. The van der Waals surface area contributed by atoms with Crippen molar-refractivity contribution < 1.29 is 18.9 Å². The van der Waals surface area contributed by atoms with Gasteiger partial charge in [0.05, 0.1) is 0 Å². The van der Waals surface area contributed by atoms with E-state index in [1.54, 1.807) is 0 Å². The molecule has 0 radical (unpaired) electrons. The van der Waals surface area contributed by atoms with E-state index < -0.39 is 0 Å². The van der Waals surface area contributed by atoms with Crippen LogP contribution in [0.5, 0.6) is 0 Å². The predicted octanol–water partition coefficient (Wildman–Crippen LogP) is 15.1. The van der Waals surface area contributed by atoms with Crippen LogP contribution in [0.4, 0.5) is 0 Å². The average Bonchev–Trinajstić information content (AvgIpc) is 3.24. The minimum atomic E-state index is 0. The molecule has 65 heavy (non-hydrogen) atoms. The van der Waals surface area contributed by atoms with Gasteiger partial charge in [0.2, 0.25) is 0 Å². The Morgan fingerprint density at radius 1 is 0.354 bits per heavy atom. The van der Waals surface area contributed by atoms with E-state index in [0.717, 1.165) is 93.6 Å². The Balaban J connectivity index is -0.000000246. The molecule has 0 aliphatic heterocycles. The number of unbranched alkanes of at least 4 members (excludes halogenated alkanes) is 5. The molecule has 0 heterocycles. The smallest absolute Gasteiger partial charge is 0.114 e. The summed E-state index contributed by atoms with van der Waals surface area (Å²) in [6.07, 6.45) is 13.9. The SMILES string of the molecule is C.C=C(C)C(=C)OCCN(CC)CCC.C=C(C)C(=C)OCCN(CCC)CCC.C=C(C)C(=C)OCCN(CCCC)C(C)C.C=C(C)C(=C)OCCN(CCCCC)CCCCC. The molecule has 0 rings (SSSR count). The lowest BCUT2D eigenvalue weighted by Crippen LogP contribution is -2.34. The maximum atomic E-state index is 5.61. The van der Waals surface area contributed by atoms with E-state index >= 15 is 0 Å². The first-order valence-corrected chi connectivity index (χ1v) is 25.1. The fourth-order valence-electron chi connectivity index (χ4n) is 5.88. The summed E-state index contributed by atoms with van der Waals surface area (Å²) in [5.41, 5.74) is 3.64. The summed E-state index contributed by atoms with van der Waals surface area (Å²) in [5, 5.41) is 0. The van der Waals surface area contributed by atoms with Gasteiger partial charge in [-0.25, -0.2) is 0 Å². The highest BCUT2D eigenvalue weighted by Crippen LogP contribution is 2.10. The fourth-order valence-corrected chi connectivity index (χ4v) is 5.88. The van der Waals surface area contributed by atoms with Gasteiger partial charge in [-0.05, 0) is 148 Å². The molecule has 0 aromatic carbocycles. The maximum Gasteiger partial charge on any atom is 0.114 e. The summed E-state index contributed by atoms with van der Waals surface area (Å²) >= 11 is 0. The quantitative estimate of drug-likeness (QED) is 0.0343. The lowest BCUT2D eigenvalue weighted by atomic mass is 10.2. The second-order valence-electron chi connectivity index (χ2n) is 17.2. The molecular formula is C57H112N4O4. The number of hydrogen-bond donors (Lipinski definition) is 0. The van der Waals surface area contributed by atoms with Gasteiger partial charge in [0.25, 0.3) is 0 Å². The molecule has 0 aromatic rings. The van der Waals surface area contributed by atoms with Crippen molar-refractivity contribution in [1.29, 1.82) is 0 Å². The van der Waals surface area contributed by atoms with Crippen LogP contribution in [0.15, 0.2) is 98.0 Å². The molecule has 0 bridgehead atoms. The molecule has 0 atom stereocenters. The monoisotopic (exact) mass is 917 g/mol. The van der Waals surface area contributed by atoms with Gasteiger partial charge < -0.3 is 23.8 Å². The number of hydrogen-bond acceptors (Lipinski definition) is 8. The number of ether oxygens (including phenoxy) is 4. The molecule has 0 saturated heterocycles. The highest BCUT2D eigenvalue weighted by atomic mass is 16.5. The number of likely N-dealkylation sites (N-methyl/N-ethyl adjacent to an activating group) is 1. The predicted molar refractivity (Wildman–Crippen MR) is 293 cm³/mol. The van der Waals surface area contributed by atoms with Gasteiger partial charge in [-0.1, -0.05) is 141 Å². The largest absolute Gasteiger partial charge is 0.493 e. The van der Waals surface area contributed by atoms with Crippen LogP contribution in [0.3, 0.4) is 0 Å². The third-order valence-electron chi connectivity index (χ3n) is 10.4. The van der Waals surface area contributed by atoms with Crippen molar-refractivity contribution in [3.63, 3.8) is 0 Å². The number of rotatable bonds is 39. The molecule has 0 fully saturated rings. The molecule has 0 spiro atoms. The lowest BCUT2D eigenvalue weighted by molar-refractivity contribution is 0.140. The molecule has 0 amide bonds. The molecule has 0 N–H and O–H groups in total. The van der Waals surface area contributed by atoms with E-state index in [2.05, 4.69) is 135 Å². The first-order chi connectivity index (χ1) is 30.3. The van der Waals surface area contributed by atoms with E-state index in [4.69, 9.17) is 18.9 Å². The molecule has 0 saturated carbocycles. The molecule has 0 aliphatic rings. The third kappa shape index (κ3) is 48.7. The molecule has 8 nitrogen and oxygen atoms in total. The average molecular weight is 918 g/mol. The van der Waals surface area contributed by atoms with Gasteiger partial charge in [-0.2, -0.15) is 0 Å². The van der Waals surface area contributed by atoms with Crippen molar-refractivity contribution in [3.8, 4) is 0 Å². The van der Waals surface area contributed by atoms with Crippen molar-refractivity contribution in [2.45, 2.75) is 174 Å². The Morgan fingerprint density at radius 2 is 0.646 bits per heavy atom. The van der Waals surface area contributed by atoms with Crippen LogP contribution in [0.25, 0.3) is 0 Å². The fraction of sp³-hybridized carbons (Fsp3) is 0.719. The highest BCUT2D eigenvalue weighted by molar-refractivity contribution is 5.17. The summed E-state index contributed by atoms with van der Waals surface area (Å²) in [6.45, 7) is 72.9. The van der Waals surface area contributed by atoms with Gasteiger partial charge >= 0.3 is 0 Å². The van der Waals surface area contributed by atoms with Crippen LogP contribution in [-0.2, 0) is 18.9 Å². The van der Waals surface area contributed by atoms with Gasteiger partial charge in [-0.15, -0.1) is 0 Å². The zero-order chi connectivity index (χ0) is 49.7. The number of allylic oxidation sites excluding steroid dienone is 4. The van der Waals surface area contributed by atoms with E-state index in [9.17, 15) is 0 Å². The van der Waals surface area contributed by atoms with Crippen molar-refractivity contribution in [1.82, 2.24) is 19.6 Å². The second kappa shape index (κ2) is 50.4. The van der Waals surface area contributed by atoms with E-state index in [1.165, 1.54) is 83.7 Å². The first kappa shape index (κ1) is 71.0. The Kier molecular flexibility index (Phi) is 55.0. The summed E-state index contributed by atoms with van der Waals surface area (Å²) in [7, 11) is 0. The standard InChI is InChI=1S/C17H33NO.C14H27NO.C13H25NO.C12H23NO.CH4/c1-6-8-10-12-18(13-11-9-7-2)14-15-19-17(5)16(3)4;1-7-8-9-15(13(4)5)10-11-16-14(6)12(2)3;1-6-8-14(9-7-2)10-11-15-13(5)12(3)4;1-6-8-13(7-2)9-10-14-12(5)11(3)4;/h3,5-15H2,1-2,4H3;13H,2,6-11H2,1,3-5H3;3,5-11H2,1-2,4H3;3,5-10H2,1-2,4H3;1H4. The topological polar surface area (TPSA) is 49.9 Å². The van der Waals surface area contributed by atoms with Crippen molar-refractivity contribution >= 4 is 0 Å². The minimum absolute atomic E-state index is 0. The van der Waals surface area contributed by atoms with Crippen LogP contribution in [0.1, 0.15) is 168 Å². The summed E-state index contributed by atoms with van der Waals surface area (Å²) < 4.78 is 22.1. The molecule has 0 unspecified atom stereocenters. The van der Waals surface area contributed by atoms with Gasteiger partial charge in [0, 0.05) is 32.2 Å². The van der Waals surface area contributed by atoms with Crippen LogP contribution < -0.4 is 0 Å². The molecule has 0 aromatic heterocycles. The third-order valence-corrected chi connectivity index (χ3v) is 10.4. The van der Waals surface area contributed by atoms with Crippen LogP contribution in [0.2, 0.25) is 0 Å². The maximum absolute atomic E-state index is 5.61. The number of nitrogens with zero attached hydrogens (tertiary/aromatic N) is 4. The molecule has 384 valence electrons. The van der Waals surface area contributed by atoms with Crippen LogP contribution in [-0.4, -0.2) is 124 Å². The summed E-state index contributed by atoms with van der Waals surface area (Å²) in [5.74, 6) is 2.85. The van der Waals surface area contributed by atoms with Crippen LogP contribution >= 0.6 is 0 Å². The minimum Gasteiger partial charge on any atom is -0.493 e. The van der Waals surface area contributed by atoms with Crippen molar-refractivity contribution in [2.75, 3.05) is 98.4 Å². The zero-order valence-corrected chi connectivity index (χ0v) is 45.0. The summed E-state index contributed by atoms with van der Waals surface area (Å²) in [6, 6.07) is 0.577. The van der Waals surface area contributed by atoms with Crippen molar-refractivity contribution in [2.24, 2.45) is 0 Å². The Hall–Kier alpha value is -3.04. The lowest BCUT2D eigenvalue weighted by Gasteiger charge is -2.26.